The van der Waals surface area contributed by atoms with Crippen molar-refractivity contribution in [2.24, 2.45) is 0 Å². The van der Waals surface area contributed by atoms with Crippen molar-refractivity contribution in [3.05, 3.63) is 188 Å². The molecule has 56 heavy (non-hydrogen) atoms. The van der Waals surface area contributed by atoms with Crippen LogP contribution in [-0.2, 0) is 0 Å². The first-order valence-electron chi connectivity index (χ1n) is 18.7. The normalized spacial score (nSPS) is 11.6. The van der Waals surface area contributed by atoms with Gasteiger partial charge in [0.25, 0.3) is 0 Å². The molecule has 3 heterocycles. The van der Waals surface area contributed by atoms with Gasteiger partial charge in [0.15, 0.2) is 17.5 Å². The van der Waals surface area contributed by atoms with Gasteiger partial charge in [0.1, 0.15) is 11.2 Å². The number of furan rings is 1. The molecule has 0 amide bonds. The second-order valence-corrected chi connectivity index (χ2v) is 15.0. The van der Waals surface area contributed by atoms with Gasteiger partial charge >= 0.3 is 0 Å². The van der Waals surface area contributed by atoms with E-state index in [-0.39, 0.29) is 0 Å². The van der Waals surface area contributed by atoms with Gasteiger partial charge in [0.2, 0.25) is 0 Å². The van der Waals surface area contributed by atoms with Crippen LogP contribution in [0, 0.1) is 0 Å². The molecule has 0 aliphatic carbocycles. The van der Waals surface area contributed by atoms with E-state index in [1.165, 1.54) is 36.9 Å². The molecule has 262 valence electrons. The van der Waals surface area contributed by atoms with E-state index < -0.39 is 0 Å². The summed E-state index contributed by atoms with van der Waals surface area (Å²) in [6.45, 7) is 0. The molecule has 0 atom stereocenters. The molecular weight excluding hydrogens is 703 g/mol. The van der Waals surface area contributed by atoms with Crippen molar-refractivity contribution in [2.45, 2.75) is 0 Å². The van der Waals surface area contributed by atoms with Gasteiger partial charge < -0.3 is 4.42 Å². The zero-order valence-electron chi connectivity index (χ0n) is 30.1. The van der Waals surface area contributed by atoms with Crippen LogP contribution in [-0.4, -0.2) is 15.0 Å². The Morgan fingerprint density at radius 3 is 1.55 bits per heavy atom. The smallest absolute Gasteiger partial charge is 0.167 e. The number of fused-ring (bicyclic) bond motifs is 6. The Morgan fingerprint density at radius 2 is 0.839 bits per heavy atom. The van der Waals surface area contributed by atoms with Gasteiger partial charge in [-0.25, -0.2) is 15.0 Å². The molecule has 0 aliphatic heterocycles. The van der Waals surface area contributed by atoms with E-state index in [1.54, 1.807) is 0 Å². The van der Waals surface area contributed by atoms with Gasteiger partial charge in [-0.15, -0.1) is 11.3 Å². The molecule has 0 saturated heterocycles. The Labute approximate surface area is 327 Å². The van der Waals surface area contributed by atoms with Crippen LogP contribution in [0.1, 0.15) is 0 Å². The van der Waals surface area contributed by atoms with Crippen molar-refractivity contribution in [1.82, 2.24) is 15.0 Å². The fraction of sp³-hybridized carbons (Fsp3) is 0. The summed E-state index contributed by atoms with van der Waals surface area (Å²) in [4.78, 5) is 15.2. The zero-order valence-corrected chi connectivity index (χ0v) is 30.9. The molecule has 0 unspecified atom stereocenters. The minimum atomic E-state index is 0.562. The van der Waals surface area contributed by atoms with Crippen LogP contribution in [0.25, 0.3) is 110 Å². The predicted octanol–water partition coefficient (Wildman–Crippen LogP) is 14.1. The first-order chi connectivity index (χ1) is 27.8. The van der Waals surface area contributed by atoms with E-state index in [2.05, 4.69) is 152 Å². The van der Waals surface area contributed by atoms with Gasteiger partial charge in [0.05, 0.1) is 5.56 Å². The van der Waals surface area contributed by atoms with Gasteiger partial charge in [-0.1, -0.05) is 170 Å². The van der Waals surface area contributed by atoms with Gasteiger partial charge in [-0.05, 0) is 51.6 Å². The Hall–Kier alpha value is -7.21. The van der Waals surface area contributed by atoms with E-state index in [1.807, 2.05) is 47.7 Å². The van der Waals surface area contributed by atoms with Crippen LogP contribution >= 0.6 is 11.3 Å². The van der Waals surface area contributed by atoms with Crippen molar-refractivity contribution >= 4 is 53.4 Å². The summed E-state index contributed by atoms with van der Waals surface area (Å²) >= 11 is 1.86. The Bertz CT molecular complexity index is 3230. The highest BCUT2D eigenvalue weighted by Crippen LogP contribution is 2.47. The number of benzene rings is 8. The summed E-state index contributed by atoms with van der Waals surface area (Å²) in [5.41, 5.74) is 11.3. The van der Waals surface area contributed by atoms with E-state index in [0.29, 0.717) is 17.5 Å². The molecule has 0 radical (unpaired) electrons. The average Bonchev–Trinajstić information content (AvgIpc) is 3.86. The largest absolute Gasteiger partial charge is 0.455 e. The highest BCUT2D eigenvalue weighted by molar-refractivity contribution is 7.26. The maximum absolute atomic E-state index is 6.82. The molecule has 0 saturated carbocycles. The number of hydrogen-bond donors (Lipinski definition) is 0. The molecular formula is C51H31N3OS. The van der Waals surface area contributed by atoms with Crippen LogP contribution in [0.15, 0.2) is 192 Å². The first-order valence-corrected chi connectivity index (χ1v) is 19.5. The minimum absolute atomic E-state index is 0.562. The van der Waals surface area contributed by atoms with Crippen LogP contribution in [0.3, 0.4) is 0 Å². The monoisotopic (exact) mass is 733 g/mol. The van der Waals surface area contributed by atoms with Gasteiger partial charge in [-0.2, -0.15) is 0 Å². The fourth-order valence-electron chi connectivity index (χ4n) is 7.95. The summed E-state index contributed by atoms with van der Waals surface area (Å²) in [6.07, 6.45) is 0. The number of hydrogen-bond acceptors (Lipinski definition) is 5. The third-order valence-corrected chi connectivity index (χ3v) is 11.8. The predicted molar refractivity (Wildman–Crippen MR) is 233 cm³/mol. The summed E-state index contributed by atoms with van der Waals surface area (Å²) in [6, 6.07) is 65.5. The summed E-state index contributed by atoms with van der Waals surface area (Å²) in [7, 11) is 0. The molecule has 0 bridgehead atoms. The summed E-state index contributed by atoms with van der Waals surface area (Å²) in [5.74, 6) is 1.78. The Morgan fingerprint density at radius 1 is 0.339 bits per heavy atom. The second kappa shape index (κ2) is 13.3. The maximum Gasteiger partial charge on any atom is 0.167 e. The molecule has 5 heteroatoms. The van der Waals surface area contributed by atoms with Crippen molar-refractivity contribution in [2.75, 3.05) is 0 Å². The fourth-order valence-corrected chi connectivity index (χ4v) is 9.21. The second-order valence-electron chi connectivity index (χ2n) is 13.9. The first kappa shape index (κ1) is 32.2. The average molecular weight is 734 g/mol. The zero-order chi connectivity index (χ0) is 37.0. The highest BCUT2D eigenvalue weighted by atomic mass is 32.1. The quantitative estimate of drug-likeness (QED) is 0.171. The SMILES string of the molecule is c1ccc(-c2ccc(-c3nc(-c4ccccc4)nc(-c4cccc5c4oc4cccc(-c6cccc7sc8c(-c9ccccc9)cccc8c67)c45)n3)cc2)cc1. The van der Waals surface area contributed by atoms with Gasteiger partial charge in [0, 0.05) is 42.1 Å². The lowest BCUT2D eigenvalue weighted by atomic mass is 9.94. The van der Waals surface area contributed by atoms with Crippen molar-refractivity contribution in [3.63, 3.8) is 0 Å². The molecule has 0 spiro atoms. The van der Waals surface area contributed by atoms with Crippen LogP contribution in [0.5, 0.6) is 0 Å². The van der Waals surface area contributed by atoms with Gasteiger partial charge in [-0.3, -0.25) is 0 Å². The number of rotatable bonds is 6. The molecule has 0 aliphatic rings. The maximum atomic E-state index is 6.82. The van der Waals surface area contributed by atoms with E-state index in [0.717, 1.165) is 55.3 Å². The van der Waals surface area contributed by atoms with E-state index >= 15 is 0 Å². The van der Waals surface area contributed by atoms with Crippen molar-refractivity contribution in [3.8, 4) is 67.5 Å². The minimum Gasteiger partial charge on any atom is -0.455 e. The van der Waals surface area contributed by atoms with Crippen LogP contribution in [0.4, 0.5) is 0 Å². The lowest BCUT2D eigenvalue weighted by molar-refractivity contribution is 0.669. The van der Waals surface area contributed by atoms with Crippen LogP contribution in [0.2, 0.25) is 0 Å². The third kappa shape index (κ3) is 5.40. The third-order valence-electron chi connectivity index (χ3n) is 10.6. The van der Waals surface area contributed by atoms with Crippen LogP contribution < -0.4 is 0 Å². The standard InChI is InChI=1S/C51H31N3OS/c1-4-14-32(15-5-1)33-28-30-36(31-29-33)50-52-49(35-18-8-3-9-19-35)53-51(54-50)42-25-11-23-40-45-38(21-12-26-43(45)55-47(40)42)39-22-13-27-44-46(39)41-24-10-20-37(48(41)56-44)34-16-6-2-7-17-34/h1-31H. The Balaban J connectivity index is 1.09. The van der Waals surface area contributed by atoms with Crippen molar-refractivity contribution in [1.29, 1.82) is 0 Å². The molecule has 3 aromatic heterocycles. The molecule has 11 aromatic rings. The molecule has 8 aromatic carbocycles. The summed E-state index contributed by atoms with van der Waals surface area (Å²) in [5, 5.41) is 4.61. The number of nitrogens with zero attached hydrogens (tertiary/aromatic N) is 3. The number of para-hydroxylation sites is 1. The van der Waals surface area contributed by atoms with E-state index in [4.69, 9.17) is 19.4 Å². The molecule has 11 rings (SSSR count). The lowest BCUT2D eigenvalue weighted by Crippen LogP contribution is -2.00. The van der Waals surface area contributed by atoms with Crippen molar-refractivity contribution < 1.29 is 4.42 Å². The van der Waals surface area contributed by atoms with E-state index in [9.17, 15) is 0 Å². The Kier molecular flexibility index (Phi) is 7.64. The lowest BCUT2D eigenvalue weighted by Gasteiger charge is -2.09. The molecule has 0 N–H and O–H groups in total. The highest BCUT2D eigenvalue weighted by Gasteiger charge is 2.21. The topological polar surface area (TPSA) is 51.8 Å². The summed E-state index contributed by atoms with van der Waals surface area (Å²) < 4.78 is 9.37. The molecule has 0 fully saturated rings. The number of thiophene rings is 1. The molecule has 4 nitrogen and oxygen atoms in total. The number of aromatic nitrogens is 3.